The van der Waals surface area contributed by atoms with Gasteiger partial charge in [-0.2, -0.15) is 0 Å². The second kappa shape index (κ2) is 8.34. The maximum absolute atomic E-state index is 12.1. The zero-order valence-corrected chi connectivity index (χ0v) is 13.8. The van der Waals surface area contributed by atoms with E-state index in [0.29, 0.717) is 19.6 Å². The SMILES string of the molecule is Cc1cc(C)cc(CCC(=O)Nc2ccc(OCCN)cc2)c1. The van der Waals surface area contributed by atoms with E-state index in [1.54, 1.807) is 0 Å². The third kappa shape index (κ3) is 5.75. The van der Waals surface area contributed by atoms with Crippen LogP contribution >= 0.6 is 0 Å². The van der Waals surface area contributed by atoms with Crippen LogP contribution in [0.5, 0.6) is 5.75 Å². The van der Waals surface area contributed by atoms with Crippen molar-refractivity contribution < 1.29 is 9.53 Å². The average Bonchev–Trinajstić information content (AvgIpc) is 2.51. The molecular formula is C19H24N2O2. The van der Waals surface area contributed by atoms with Crippen molar-refractivity contribution in [3.8, 4) is 5.75 Å². The highest BCUT2D eigenvalue weighted by Gasteiger charge is 2.04. The van der Waals surface area contributed by atoms with Crippen LogP contribution in [-0.2, 0) is 11.2 Å². The number of amides is 1. The lowest BCUT2D eigenvalue weighted by molar-refractivity contribution is -0.116. The molecule has 0 unspecified atom stereocenters. The summed E-state index contributed by atoms with van der Waals surface area (Å²) in [6.45, 7) is 5.12. The first kappa shape index (κ1) is 17.0. The van der Waals surface area contributed by atoms with Crippen molar-refractivity contribution in [2.45, 2.75) is 26.7 Å². The van der Waals surface area contributed by atoms with Crippen LogP contribution < -0.4 is 15.8 Å². The number of benzene rings is 2. The van der Waals surface area contributed by atoms with Gasteiger partial charge in [-0.3, -0.25) is 4.79 Å². The summed E-state index contributed by atoms with van der Waals surface area (Å²) in [4.78, 5) is 12.1. The molecule has 4 nitrogen and oxygen atoms in total. The number of nitrogens with one attached hydrogen (secondary N) is 1. The van der Waals surface area contributed by atoms with Crippen molar-refractivity contribution in [3.05, 3.63) is 59.2 Å². The molecule has 0 aliphatic rings. The van der Waals surface area contributed by atoms with Gasteiger partial charge in [-0.15, -0.1) is 0 Å². The van der Waals surface area contributed by atoms with Crippen molar-refractivity contribution in [1.82, 2.24) is 0 Å². The smallest absolute Gasteiger partial charge is 0.224 e. The Morgan fingerprint density at radius 2 is 1.74 bits per heavy atom. The molecule has 2 rings (SSSR count). The molecule has 0 spiro atoms. The van der Waals surface area contributed by atoms with E-state index in [-0.39, 0.29) is 5.91 Å². The Bertz CT molecular complexity index is 631. The molecule has 23 heavy (non-hydrogen) atoms. The maximum Gasteiger partial charge on any atom is 0.224 e. The zero-order chi connectivity index (χ0) is 16.7. The van der Waals surface area contributed by atoms with Gasteiger partial charge in [-0.05, 0) is 50.1 Å². The molecule has 2 aromatic rings. The third-order valence-electron chi connectivity index (χ3n) is 3.45. The minimum Gasteiger partial charge on any atom is -0.492 e. The third-order valence-corrected chi connectivity index (χ3v) is 3.45. The van der Waals surface area contributed by atoms with Crippen LogP contribution in [0.15, 0.2) is 42.5 Å². The number of aryl methyl sites for hydroxylation is 3. The fourth-order valence-electron chi connectivity index (χ4n) is 2.51. The minimum atomic E-state index is 0.0137. The maximum atomic E-state index is 12.1. The van der Waals surface area contributed by atoms with E-state index in [9.17, 15) is 4.79 Å². The molecule has 0 heterocycles. The number of carbonyl (C=O) groups is 1. The van der Waals surface area contributed by atoms with Crippen molar-refractivity contribution in [1.29, 1.82) is 0 Å². The Morgan fingerprint density at radius 3 is 2.35 bits per heavy atom. The fraction of sp³-hybridized carbons (Fsp3) is 0.316. The van der Waals surface area contributed by atoms with Crippen molar-refractivity contribution in [2.75, 3.05) is 18.5 Å². The second-order valence-electron chi connectivity index (χ2n) is 5.71. The van der Waals surface area contributed by atoms with Crippen LogP contribution in [0.2, 0.25) is 0 Å². The molecule has 0 radical (unpaired) electrons. The average molecular weight is 312 g/mol. The molecule has 1 amide bonds. The van der Waals surface area contributed by atoms with Gasteiger partial charge in [0, 0.05) is 18.7 Å². The Morgan fingerprint density at radius 1 is 1.09 bits per heavy atom. The highest BCUT2D eigenvalue weighted by molar-refractivity contribution is 5.90. The monoisotopic (exact) mass is 312 g/mol. The molecular weight excluding hydrogens is 288 g/mol. The molecule has 0 aliphatic heterocycles. The van der Waals surface area contributed by atoms with Crippen LogP contribution in [-0.4, -0.2) is 19.1 Å². The van der Waals surface area contributed by atoms with Gasteiger partial charge >= 0.3 is 0 Å². The quantitative estimate of drug-likeness (QED) is 0.825. The van der Waals surface area contributed by atoms with Gasteiger partial charge in [0.05, 0.1) is 0 Å². The summed E-state index contributed by atoms with van der Waals surface area (Å²) in [5, 5.41) is 2.91. The first-order valence-corrected chi connectivity index (χ1v) is 7.87. The zero-order valence-electron chi connectivity index (χ0n) is 13.8. The van der Waals surface area contributed by atoms with E-state index >= 15 is 0 Å². The summed E-state index contributed by atoms with van der Waals surface area (Å²) >= 11 is 0. The van der Waals surface area contributed by atoms with E-state index in [1.807, 2.05) is 24.3 Å². The van der Waals surface area contributed by atoms with Crippen molar-refractivity contribution >= 4 is 11.6 Å². The molecule has 0 atom stereocenters. The summed E-state index contributed by atoms with van der Waals surface area (Å²) in [5.41, 5.74) is 9.82. The largest absolute Gasteiger partial charge is 0.492 e. The van der Waals surface area contributed by atoms with Gasteiger partial charge in [-0.1, -0.05) is 29.3 Å². The number of rotatable bonds is 7. The molecule has 4 heteroatoms. The molecule has 2 aromatic carbocycles. The van der Waals surface area contributed by atoms with E-state index in [1.165, 1.54) is 16.7 Å². The van der Waals surface area contributed by atoms with E-state index in [4.69, 9.17) is 10.5 Å². The molecule has 0 aromatic heterocycles. The van der Waals surface area contributed by atoms with Crippen LogP contribution in [0.3, 0.4) is 0 Å². The summed E-state index contributed by atoms with van der Waals surface area (Å²) < 4.78 is 5.41. The first-order valence-electron chi connectivity index (χ1n) is 7.87. The molecule has 0 saturated carbocycles. The Hall–Kier alpha value is -2.33. The summed E-state index contributed by atoms with van der Waals surface area (Å²) in [5.74, 6) is 0.767. The van der Waals surface area contributed by atoms with Gasteiger partial charge in [0.1, 0.15) is 12.4 Å². The Balaban J connectivity index is 1.84. The number of anilines is 1. The van der Waals surface area contributed by atoms with Gasteiger partial charge in [0.25, 0.3) is 0 Å². The van der Waals surface area contributed by atoms with E-state index < -0.39 is 0 Å². The van der Waals surface area contributed by atoms with Crippen LogP contribution in [0.25, 0.3) is 0 Å². The first-order chi connectivity index (χ1) is 11.1. The normalized spacial score (nSPS) is 10.4. The molecule has 3 N–H and O–H groups in total. The highest BCUT2D eigenvalue weighted by Crippen LogP contribution is 2.16. The summed E-state index contributed by atoms with van der Waals surface area (Å²) in [7, 11) is 0. The molecule has 0 saturated heterocycles. The van der Waals surface area contributed by atoms with Gasteiger partial charge in [0.2, 0.25) is 5.91 Å². The van der Waals surface area contributed by atoms with E-state index in [0.717, 1.165) is 17.9 Å². The Labute approximate surface area is 137 Å². The summed E-state index contributed by atoms with van der Waals surface area (Å²) in [6.07, 6.45) is 1.21. The molecule has 0 fully saturated rings. The predicted octanol–water partition coefficient (Wildman–Crippen LogP) is 3.21. The van der Waals surface area contributed by atoms with E-state index in [2.05, 4.69) is 37.4 Å². The molecule has 0 aliphatic carbocycles. The number of nitrogens with two attached hydrogens (primary N) is 1. The van der Waals surface area contributed by atoms with Crippen molar-refractivity contribution in [2.24, 2.45) is 5.73 Å². The standard InChI is InChI=1S/C19H24N2O2/c1-14-11-15(2)13-16(12-14)3-8-19(22)21-17-4-6-18(7-5-17)23-10-9-20/h4-7,11-13H,3,8-10,20H2,1-2H3,(H,21,22). The Kier molecular flexibility index (Phi) is 6.18. The highest BCUT2D eigenvalue weighted by atomic mass is 16.5. The lowest BCUT2D eigenvalue weighted by atomic mass is 10.0. The lowest BCUT2D eigenvalue weighted by Crippen LogP contribution is -2.13. The van der Waals surface area contributed by atoms with Crippen LogP contribution in [0, 0.1) is 13.8 Å². The van der Waals surface area contributed by atoms with Gasteiger partial charge in [-0.25, -0.2) is 0 Å². The lowest BCUT2D eigenvalue weighted by Gasteiger charge is -2.08. The summed E-state index contributed by atoms with van der Waals surface area (Å²) in [6, 6.07) is 13.7. The fourth-order valence-corrected chi connectivity index (χ4v) is 2.51. The number of hydrogen-bond acceptors (Lipinski definition) is 3. The molecule has 122 valence electrons. The molecule has 0 bridgehead atoms. The van der Waals surface area contributed by atoms with Crippen molar-refractivity contribution in [3.63, 3.8) is 0 Å². The van der Waals surface area contributed by atoms with Crippen LogP contribution in [0.1, 0.15) is 23.1 Å². The second-order valence-corrected chi connectivity index (χ2v) is 5.71. The van der Waals surface area contributed by atoms with Gasteiger partial charge in [0.15, 0.2) is 0 Å². The number of carbonyl (C=O) groups excluding carboxylic acids is 1. The number of hydrogen-bond donors (Lipinski definition) is 2. The van der Waals surface area contributed by atoms with Gasteiger partial charge < -0.3 is 15.8 Å². The number of ether oxygens (including phenoxy) is 1. The van der Waals surface area contributed by atoms with Crippen LogP contribution in [0.4, 0.5) is 5.69 Å². The topological polar surface area (TPSA) is 64.3 Å². The minimum absolute atomic E-state index is 0.0137. The predicted molar refractivity (Wildman–Crippen MR) is 93.9 cm³/mol.